The van der Waals surface area contributed by atoms with Crippen molar-refractivity contribution in [2.45, 2.75) is 0 Å². The summed E-state index contributed by atoms with van der Waals surface area (Å²) >= 11 is 0. The van der Waals surface area contributed by atoms with Crippen molar-refractivity contribution in [1.29, 1.82) is 0 Å². The van der Waals surface area contributed by atoms with Gasteiger partial charge in [0.2, 0.25) is 0 Å². The molecule has 0 aliphatic rings. The summed E-state index contributed by atoms with van der Waals surface area (Å²) in [7, 11) is 0. The summed E-state index contributed by atoms with van der Waals surface area (Å²) in [6.45, 7) is 0. The Bertz CT molecular complexity index is 13.6. The molecule has 0 fully saturated rings. The van der Waals surface area contributed by atoms with Crippen LogP contribution >= 0.6 is 0 Å². The van der Waals surface area contributed by atoms with E-state index in [0.717, 1.165) is 0 Å². The molecule has 0 unspecified atom stereocenters. The van der Waals surface area contributed by atoms with Gasteiger partial charge in [0, 0.05) is 0 Å². The van der Waals surface area contributed by atoms with Crippen LogP contribution in [0.25, 0.3) is 0 Å². The van der Waals surface area contributed by atoms with Gasteiger partial charge in [-0.15, -0.1) is 0 Å². The van der Waals surface area contributed by atoms with Gasteiger partial charge in [-0.05, 0) is 0 Å². The van der Waals surface area contributed by atoms with Crippen molar-refractivity contribution in [1.82, 2.24) is 0 Å². The van der Waals surface area contributed by atoms with E-state index in [2.05, 4.69) is 0 Å². The molecule has 65 valence electrons. The Morgan fingerprint density at radius 2 is 0.400 bits per heavy atom. The van der Waals surface area contributed by atoms with E-state index >= 15 is 0 Å². The Hall–Kier alpha value is 3.42. The normalized spacial score (nSPS) is 0. The van der Waals surface area contributed by atoms with E-state index in [1.807, 2.05) is 0 Å². The third kappa shape index (κ3) is 106. The van der Waals surface area contributed by atoms with Gasteiger partial charge in [-0.2, -0.15) is 0 Å². The van der Waals surface area contributed by atoms with Crippen molar-refractivity contribution in [3.63, 3.8) is 0 Å². The minimum absolute atomic E-state index is 0. The van der Waals surface area contributed by atoms with Crippen molar-refractivity contribution in [3.8, 4) is 0 Å². The molecule has 0 amide bonds. The molecule has 0 aliphatic carbocycles. The number of halogens is 7. The second-order valence-electron chi connectivity index (χ2n) is 0. The number of hydrogen-bond acceptors (Lipinski definition) is 0. The average Bonchev–Trinajstić information content (AvgIpc) is 0. The zero-order valence-electron chi connectivity index (χ0n) is 4.38. The fourth-order valence-electron chi connectivity index (χ4n) is 0. The predicted molar refractivity (Wildman–Crippen MR) is 0 cm³/mol. The molecule has 0 heterocycles. The average molecular weight is 465 g/mol. The van der Waals surface area contributed by atoms with Crippen molar-refractivity contribution in [2.24, 2.45) is 0 Å². The minimum atomic E-state index is 0. The fourth-order valence-corrected chi connectivity index (χ4v) is 0. The van der Waals surface area contributed by atoms with Gasteiger partial charge in [0.15, 0.2) is 0 Å². The molecule has 0 saturated carbocycles. The van der Waals surface area contributed by atoms with Gasteiger partial charge >= 0.3 is 119 Å². The van der Waals surface area contributed by atoms with Crippen LogP contribution in [0.15, 0.2) is 0 Å². The van der Waals surface area contributed by atoms with Gasteiger partial charge in [0.25, 0.3) is 0 Å². The van der Waals surface area contributed by atoms with Gasteiger partial charge < -0.3 is 32.9 Å². The molecule has 1 radical (unpaired) electrons. The number of rotatable bonds is 0. The molecule has 0 bridgehead atoms. The van der Waals surface area contributed by atoms with Crippen molar-refractivity contribution < 1.29 is 152 Å². The molecule has 0 aromatic carbocycles. The van der Waals surface area contributed by atoms with Crippen LogP contribution in [0.5, 0.6) is 0 Å². The van der Waals surface area contributed by atoms with Crippen LogP contribution in [-0.2, 0) is 0 Å². The summed E-state index contributed by atoms with van der Waals surface area (Å²) in [5.41, 5.74) is 0. The van der Waals surface area contributed by atoms with Gasteiger partial charge in [0.1, 0.15) is 0 Å². The molecule has 10 heavy (non-hydrogen) atoms. The molecule has 0 atom stereocenters. The molecule has 0 nitrogen and oxygen atoms in total. The maximum atomic E-state index is 0. The topological polar surface area (TPSA) is 0 Å². The van der Waals surface area contributed by atoms with Gasteiger partial charge in [-0.1, -0.05) is 0 Å². The summed E-state index contributed by atoms with van der Waals surface area (Å²) < 4.78 is 0. The Labute approximate surface area is 148 Å². The molecule has 0 rings (SSSR count). The zero-order chi connectivity index (χ0) is 0. The summed E-state index contributed by atoms with van der Waals surface area (Å²) in [6, 6.07) is 0. The SMILES string of the molecule is [Eu+3].[F-].[F-].[F-].[F-].[F-].[F-].[F-].[Gd+3].[Na+]. The van der Waals surface area contributed by atoms with E-state index in [0.29, 0.717) is 0 Å². The molecule has 10 heteroatoms. The molecular formula is EuF7GdNa. The molecule has 0 aliphatic heterocycles. The third-order valence-electron chi connectivity index (χ3n) is 0. The van der Waals surface area contributed by atoms with E-state index in [4.69, 9.17) is 0 Å². The van der Waals surface area contributed by atoms with Crippen LogP contribution in [0.3, 0.4) is 0 Å². The van der Waals surface area contributed by atoms with Crippen LogP contribution in [0.2, 0.25) is 0 Å². The Kier molecular flexibility index (Phi) is 2450. The number of hydrogen-bond donors (Lipinski definition) is 0. The Balaban J connectivity index is 0. The maximum absolute atomic E-state index is 0. The second kappa shape index (κ2) is 139. The smallest absolute Gasteiger partial charge is 1.00 e. The van der Waals surface area contributed by atoms with Crippen LogP contribution in [0.4, 0.5) is 0 Å². The van der Waals surface area contributed by atoms with Gasteiger partial charge in [0.05, 0.1) is 0 Å². The monoisotopic (exact) mass is 467 g/mol. The molecule has 0 N–H and O–H groups in total. The van der Waals surface area contributed by atoms with E-state index in [1.165, 1.54) is 0 Å². The fraction of sp³-hybridized carbons (Fsp3) is 0. The van der Waals surface area contributed by atoms with Crippen LogP contribution in [0, 0.1) is 89.3 Å². The second-order valence-corrected chi connectivity index (χ2v) is 0. The Morgan fingerprint density at radius 3 is 0.400 bits per heavy atom. The first-order valence-electron chi connectivity index (χ1n) is 0. The maximum Gasteiger partial charge on any atom is 3.00 e. The third-order valence-corrected chi connectivity index (χ3v) is 0. The Morgan fingerprint density at radius 1 is 0.400 bits per heavy atom. The first-order chi connectivity index (χ1) is 0. The summed E-state index contributed by atoms with van der Waals surface area (Å²) in [4.78, 5) is 0. The van der Waals surface area contributed by atoms with Crippen molar-refractivity contribution >= 4 is 0 Å². The van der Waals surface area contributed by atoms with Gasteiger partial charge in [-0.3, -0.25) is 0 Å². The molecule has 0 aromatic rings. The van der Waals surface area contributed by atoms with E-state index in [1.54, 1.807) is 0 Å². The largest absolute Gasteiger partial charge is 3.00 e. The summed E-state index contributed by atoms with van der Waals surface area (Å²) in [5.74, 6) is 0. The van der Waals surface area contributed by atoms with E-state index in [-0.39, 0.29) is 152 Å². The van der Waals surface area contributed by atoms with Crippen LogP contribution < -0.4 is 62.5 Å². The predicted octanol–water partition coefficient (Wildman–Crippen LogP) is -24.0. The van der Waals surface area contributed by atoms with Crippen LogP contribution in [-0.4, -0.2) is 0 Å². The van der Waals surface area contributed by atoms with Gasteiger partial charge in [-0.25, -0.2) is 0 Å². The van der Waals surface area contributed by atoms with Crippen molar-refractivity contribution in [2.75, 3.05) is 0 Å². The van der Waals surface area contributed by atoms with Crippen molar-refractivity contribution in [3.05, 3.63) is 0 Å². The first kappa shape index (κ1) is 177. The standard InChI is InChI=1S/Eu.7FH.Gd.Na/h;7*1H;;/q+3;;;;;;;;+3;+1/p-7. The molecule has 0 aromatic heterocycles. The molecule has 0 spiro atoms. The molecular weight excluding hydrogens is 465 g/mol. The van der Waals surface area contributed by atoms with E-state index in [9.17, 15) is 0 Å². The zero-order valence-corrected chi connectivity index (χ0v) is 11.1. The van der Waals surface area contributed by atoms with Crippen LogP contribution in [0.1, 0.15) is 0 Å². The summed E-state index contributed by atoms with van der Waals surface area (Å²) in [5, 5.41) is 0. The minimum Gasteiger partial charge on any atom is -1.00 e. The quantitative estimate of drug-likeness (QED) is 0.247. The summed E-state index contributed by atoms with van der Waals surface area (Å²) in [6.07, 6.45) is 0. The first-order valence-corrected chi connectivity index (χ1v) is 0. The van der Waals surface area contributed by atoms with E-state index < -0.39 is 0 Å². The molecule has 0 saturated heterocycles.